The van der Waals surface area contributed by atoms with Crippen LogP contribution in [0.15, 0.2) is 15.5 Å². The van der Waals surface area contributed by atoms with Crippen LogP contribution in [0.25, 0.3) is 10.3 Å². The molecule has 2 aromatic rings. The Bertz CT molecular complexity index is 614. The molecule has 0 saturated carbocycles. The van der Waals surface area contributed by atoms with Crippen LogP contribution in [0.1, 0.15) is 0 Å². The molecular weight excluding hydrogens is 296 g/mol. The fourth-order valence-corrected chi connectivity index (χ4v) is 2.87. The molecule has 0 radical (unpaired) electrons. The van der Waals surface area contributed by atoms with E-state index in [0.717, 1.165) is 4.34 Å². The highest BCUT2D eigenvalue weighted by molar-refractivity contribution is 8.00. The summed E-state index contributed by atoms with van der Waals surface area (Å²) in [5.74, 6) is 0. The normalized spacial score (nSPS) is 11.6. The van der Waals surface area contributed by atoms with E-state index in [1.807, 2.05) is 6.26 Å². The molecule has 5 nitrogen and oxygen atoms in total. The van der Waals surface area contributed by atoms with Gasteiger partial charge in [0.15, 0.2) is 9.99 Å². The summed E-state index contributed by atoms with van der Waals surface area (Å²) >= 11 is 2.72. The van der Waals surface area contributed by atoms with Crippen molar-refractivity contribution in [3.05, 3.63) is 16.7 Å². The molecule has 2 aromatic heterocycles. The van der Waals surface area contributed by atoms with Crippen molar-refractivity contribution >= 4 is 33.4 Å². The number of halogens is 2. The highest BCUT2D eigenvalue weighted by Gasteiger charge is 2.10. The first-order chi connectivity index (χ1) is 9.11. The van der Waals surface area contributed by atoms with Crippen LogP contribution in [0.5, 0.6) is 0 Å². The van der Waals surface area contributed by atoms with Gasteiger partial charge in [0.25, 0.3) is 12.0 Å². The molecule has 0 aromatic carbocycles. The second-order valence-electron chi connectivity index (χ2n) is 3.55. The van der Waals surface area contributed by atoms with Gasteiger partial charge in [0.2, 0.25) is 0 Å². The molecule has 0 spiro atoms. The molecule has 0 saturated heterocycles. The number of hydrogen-bond donors (Lipinski definition) is 0. The number of alkyl halides is 2. The highest BCUT2D eigenvalue weighted by Crippen LogP contribution is 2.24. The fourth-order valence-electron chi connectivity index (χ4n) is 1.41. The summed E-state index contributed by atoms with van der Waals surface area (Å²) in [6, 6.07) is 0. The van der Waals surface area contributed by atoms with E-state index in [1.54, 1.807) is 0 Å². The van der Waals surface area contributed by atoms with Gasteiger partial charge in [-0.3, -0.25) is 9.36 Å². The van der Waals surface area contributed by atoms with Crippen molar-refractivity contribution in [2.24, 2.45) is 0 Å². The maximum absolute atomic E-state index is 12.1. The standard InChI is InChI=1S/C10H11F2N3O2S2/c1-18-10-14-8-7(19-10)9(16)15(5-13-8)2-3-17-4-6(11)12/h5-6H,2-4H2,1H3. The van der Waals surface area contributed by atoms with Crippen LogP contribution in [0.2, 0.25) is 0 Å². The summed E-state index contributed by atoms with van der Waals surface area (Å²) in [5, 5.41) is 0. The molecule has 9 heteroatoms. The van der Waals surface area contributed by atoms with Crippen molar-refractivity contribution in [2.45, 2.75) is 17.3 Å². The number of rotatable bonds is 6. The Kier molecular flexibility index (Phi) is 4.83. The molecule has 0 unspecified atom stereocenters. The summed E-state index contributed by atoms with van der Waals surface area (Å²) in [4.78, 5) is 20.3. The van der Waals surface area contributed by atoms with Crippen molar-refractivity contribution in [2.75, 3.05) is 19.5 Å². The van der Waals surface area contributed by atoms with Gasteiger partial charge in [-0.05, 0) is 6.26 Å². The lowest BCUT2D eigenvalue weighted by atomic mass is 10.5. The minimum Gasteiger partial charge on any atom is -0.374 e. The van der Waals surface area contributed by atoms with Gasteiger partial charge in [-0.15, -0.1) is 11.3 Å². The number of nitrogens with zero attached hydrogens (tertiary/aromatic N) is 3. The topological polar surface area (TPSA) is 57.0 Å². The molecule has 0 aliphatic heterocycles. The minimum atomic E-state index is -2.50. The summed E-state index contributed by atoms with van der Waals surface area (Å²) in [5.41, 5.74) is 0.201. The van der Waals surface area contributed by atoms with Gasteiger partial charge >= 0.3 is 0 Å². The predicted octanol–water partition coefficient (Wildman–Crippen LogP) is 1.86. The third kappa shape index (κ3) is 3.48. The lowest BCUT2D eigenvalue weighted by Gasteiger charge is -2.05. The molecule has 0 fully saturated rings. The maximum atomic E-state index is 12.1. The van der Waals surface area contributed by atoms with E-state index in [0.29, 0.717) is 10.3 Å². The van der Waals surface area contributed by atoms with Gasteiger partial charge < -0.3 is 4.74 Å². The highest BCUT2D eigenvalue weighted by atomic mass is 32.2. The lowest BCUT2D eigenvalue weighted by Crippen LogP contribution is -2.22. The van der Waals surface area contributed by atoms with E-state index in [4.69, 9.17) is 4.74 Å². The number of ether oxygens (including phenoxy) is 1. The van der Waals surface area contributed by atoms with Crippen LogP contribution in [0.4, 0.5) is 8.78 Å². The Hall–Kier alpha value is -1.06. The van der Waals surface area contributed by atoms with E-state index < -0.39 is 13.0 Å². The molecule has 0 atom stereocenters. The van der Waals surface area contributed by atoms with Crippen molar-refractivity contribution in [3.63, 3.8) is 0 Å². The van der Waals surface area contributed by atoms with Crippen molar-refractivity contribution in [3.8, 4) is 0 Å². The van der Waals surface area contributed by atoms with Crippen LogP contribution in [-0.4, -0.2) is 40.4 Å². The summed E-state index contributed by atoms with van der Waals surface area (Å²) in [6.07, 6.45) is 0.734. The zero-order valence-electron chi connectivity index (χ0n) is 10.0. The first-order valence-corrected chi connectivity index (χ1v) is 7.42. The molecule has 0 aliphatic rings. The van der Waals surface area contributed by atoms with Gasteiger partial charge in [0.05, 0.1) is 13.2 Å². The van der Waals surface area contributed by atoms with Crippen molar-refractivity contribution in [1.82, 2.24) is 14.5 Å². The lowest BCUT2D eigenvalue weighted by molar-refractivity contribution is 0.0145. The molecular formula is C10H11F2N3O2S2. The molecule has 104 valence electrons. The zero-order chi connectivity index (χ0) is 13.8. The van der Waals surface area contributed by atoms with Crippen LogP contribution >= 0.6 is 23.1 Å². The number of hydrogen-bond acceptors (Lipinski definition) is 6. The molecule has 0 amide bonds. The van der Waals surface area contributed by atoms with Crippen LogP contribution in [0, 0.1) is 0 Å². The first-order valence-electron chi connectivity index (χ1n) is 5.37. The average Bonchev–Trinajstić information content (AvgIpc) is 2.80. The van der Waals surface area contributed by atoms with Gasteiger partial charge in [0, 0.05) is 0 Å². The molecule has 19 heavy (non-hydrogen) atoms. The van der Waals surface area contributed by atoms with Gasteiger partial charge in [-0.1, -0.05) is 11.8 Å². The quantitative estimate of drug-likeness (QED) is 0.602. The summed E-state index contributed by atoms with van der Waals surface area (Å²) in [7, 11) is 0. The predicted molar refractivity (Wildman–Crippen MR) is 70.3 cm³/mol. The monoisotopic (exact) mass is 307 g/mol. The number of aromatic nitrogens is 3. The Morgan fingerprint density at radius 1 is 1.58 bits per heavy atom. The van der Waals surface area contributed by atoms with E-state index in [9.17, 15) is 13.6 Å². The Labute approximate surface area is 115 Å². The van der Waals surface area contributed by atoms with Crippen LogP contribution < -0.4 is 5.56 Å². The van der Waals surface area contributed by atoms with Gasteiger partial charge in [0.1, 0.15) is 17.6 Å². The third-order valence-electron chi connectivity index (χ3n) is 2.26. The first kappa shape index (κ1) is 14.4. The van der Waals surface area contributed by atoms with E-state index in [2.05, 4.69) is 9.97 Å². The SMILES string of the molecule is CSc1nc2ncn(CCOCC(F)F)c(=O)c2s1. The van der Waals surface area contributed by atoms with Crippen molar-refractivity contribution in [1.29, 1.82) is 0 Å². The second-order valence-corrected chi connectivity index (χ2v) is 5.60. The van der Waals surface area contributed by atoms with Gasteiger partial charge in [-0.25, -0.2) is 18.7 Å². The Morgan fingerprint density at radius 2 is 2.37 bits per heavy atom. The molecule has 0 aliphatic carbocycles. The Morgan fingerprint density at radius 3 is 3.05 bits per heavy atom. The third-order valence-corrected chi connectivity index (χ3v) is 4.28. The second kappa shape index (κ2) is 6.40. The largest absolute Gasteiger partial charge is 0.374 e. The number of thiazole rings is 1. The minimum absolute atomic E-state index is 0.0472. The summed E-state index contributed by atoms with van der Waals surface area (Å²) in [6.45, 7) is -0.381. The molecule has 0 N–H and O–H groups in total. The van der Waals surface area contributed by atoms with Crippen LogP contribution in [-0.2, 0) is 11.3 Å². The van der Waals surface area contributed by atoms with Gasteiger partial charge in [-0.2, -0.15) is 0 Å². The fraction of sp³-hybridized carbons (Fsp3) is 0.500. The van der Waals surface area contributed by atoms with Crippen molar-refractivity contribution < 1.29 is 13.5 Å². The molecule has 2 rings (SSSR count). The number of thioether (sulfide) groups is 1. The summed E-state index contributed by atoms with van der Waals surface area (Å²) < 4.78 is 31.1. The van der Waals surface area contributed by atoms with E-state index in [-0.39, 0.29) is 18.7 Å². The van der Waals surface area contributed by atoms with E-state index >= 15 is 0 Å². The maximum Gasteiger partial charge on any atom is 0.273 e. The Balaban J connectivity index is 2.11. The zero-order valence-corrected chi connectivity index (χ0v) is 11.6. The number of fused-ring (bicyclic) bond motifs is 1. The molecule has 2 heterocycles. The van der Waals surface area contributed by atoms with Crippen LogP contribution in [0.3, 0.4) is 0 Å². The average molecular weight is 307 g/mol. The smallest absolute Gasteiger partial charge is 0.273 e. The van der Waals surface area contributed by atoms with E-state index in [1.165, 1.54) is 34.0 Å². The molecule has 0 bridgehead atoms.